The van der Waals surface area contributed by atoms with Crippen molar-refractivity contribution in [3.05, 3.63) is 27.3 Å². The summed E-state index contributed by atoms with van der Waals surface area (Å²) in [5.41, 5.74) is 0.802. The fraction of sp³-hybridized carbons (Fsp3) is 0.111. The number of halogens is 2. The Hall–Kier alpha value is -0.870. The number of nitrogens with zero attached hydrogens (tertiary/aromatic N) is 1. The molecule has 0 aliphatic carbocycles. The van der Waals surface area contributed by atoms with Crippen molar-refractivity contribution in [1.82, 2.24) is 4.98 Å². The molecule has 0 saturated heterocycles. The topological polar surface area (TPSA) is 42.0 Å². The molecule has 0 aromatic carbocycles. The van der Waals surface area contributed by atoms with Crippen LogP contribution >= 0.6 is 27.5 Å². The van der Waals surface area contributed by atoms with Crippen LogP contribution in [0.4, 0.5) is 5.82 Å². The van der Waals surface area contributed by atoms with E-state index in [9.17, 15) is 4.79 Å². The van der Waals surface area contributed by atoms with Crippen molar-refractivity contribution < 1.29 is 4.79 Å². The molecule has 1 aromatic rings. The van der Waals surface area contributed by atoms with Crippen molar-refractivity contribution in [2.24, 2.45) is 0 Å². The van der Waals surface area contributed by atoms with Crippen LogP contribution in [0.3, 0.4) is 0 Å². The van der Waals surface area contributed by atoms with Gasteiger partial charge in [0.1, 0.15) is 17.3 Å². The van der Waals surface area contributed by atoms with Crippen LogP contribution in [0.1, 0.15) is 5.56 Å². The molecule has 0 radical (unpaired) electrons. The summed E-state index contributed by atoms with van der Waals surface area (Å²) in [6, 6.07) is 1.79. The number of carbonyl (C=O) groups excluding carboxylic acids is 1. The Bertz CT molecular complexity index is 379. The number of aldehydes is 1. The Morgan fingerprint density at radius 1 is 1.64 bits per heavy atom. The molecule has 3 nitrogen and oxygen atoms in total. The summed E-state index contributed by atoms with van der Waals surface area (Å²) in [5.74, 6) is 0.635. The van der Waals surface area contributed by atoms with Crippen LogP contribution in [0, 0.1) is 0 Å². The second-order valence-corrected chi connectivity index (χ2v) is 3.66. The fourth-order valence-electron chi connectivity index (χ4n) is 0.951. The average molecular weight is 276 g/mol. The molecule has 0 spiro atoms. The highest BCUT2D eigenvalue weighted by Crippen LogP contribution is 2.26. The lowest BCUT2D eigenvalue weighted by molar-refractivity contribution is -0.104. The number of pyridine rings is 1. The second-order valence-electron chi connectivity index (χ2n) is 2.44. The zero-order valence-corrected chi connectivity index (χ0v) is 9.76. The molecule has 14 heavy (non-hydrogen) atoms. The third-order valence-electron chi connectivity index (χ3n) is 1.55. The normalized spacial score (nSPS) is 10.5. The summed E-state index contributed by atoms with van der Waals surface area (Å²) in [5, 5.41) is 3.28. The molecule has 0 bridgehead atoms. The maximum Gasteiger partial charge on any atom is 0.145 e. The van der Waals surface area contributed by atoms with Crippen molar-refractivity contribution >= 4 is 45.7 Å². The Morgan fingerprint density at radius 3 is 2.93 bits per heavy atom. The minimum absolute atomic E-state index is 0.387. The van der Waals surface area contributed by atoms with Gasteiger partial charge in [0, 0.05) is 12.6 Å². The Morgan fingerprint density at radius 2 is 2.36 bits per heavy atom. The Balaban J connectivity index is 3.19. The first kappa shape index (κ1) is 11.2. The van der Waals surface area contributed by atoms with E-state index in [0.29, 0.717) is 21.7 Å². The molecule has 74 valence electrons. The van der Waals surface area contributed by atoms with Gasteiger partial charge in [-0.3, -0.25) is 4.79 Å². The third kappa shape index (κ3) is 2.56. The van der Waals surface area contributed by atoms with E-state index in [1.54, 1.807) is 19.2 Å². The van der Waals surface area contributed by atoms with Gasteiger partial charge >= 0.3 is 0 Å². The average Bonchev–Trinajstić information content (AvgIpc) is 2.19. The molecule has 0 aliphatic rings. The molecular weight excluding hydrogens is 267 g/mol. The van der Waals surface area contributed by atoms with E-state index in [0.717, 1.165) is 5.56 Å². The van der Waals surface area contributed by atoms with Gasteiger partial charge in [-0.2, -0.15) is 0 Å². The fourth-order valence-corrected chi connectivity index (χ4v) is 1.43. The van der Waals surface area contributed by atoms with Gasteiger partial charge in [0.25, 0.3) is 0 Å². The Kier molecular flexibility index (Phi) is 4.10. The van der Waals surface area contributed by atoms with Gasteiger partial charge < -0.3 is 5.32 Å². The Labute approximate surface area is 95.3 Å². The van der Waals surface area contributed by atoms with Gasteiger partial charge in [-0.25, -0.2) is 4.98 Å². The highest BCUT2D eigenvalue weighted by atomic mass is 79.9. The van der Waals surface area contributed by atoms with E-state index in [-0.39, 0.29) is 0 Å². The highest BCUT2D eigenvalue weighted by Gasteiger charge is 2.04. The number of aromatic nitrogens is 1. The van der Waals surface area contributed by atoms with E-state index in [2.05, 4.69) is 26.2 Å². The molecule has 1 heterocycles. The van der Waals surface area contributed by atoms with Gasteiger partial charge in [-0.1, -0.05) is 11.6 Å². The van der Waals surface area contributed by atoms with Crippen molar-refractivity contribution in [2.45, 2.75) is 0 Å². The van der Waals surface area contributed by atoms with Crippen molar-refractivity contribution in [1.29, 1.82) is 0 Å². The standard InChI is InChI=1S/C9H8BrClN2O/c1-12-9-6(3-2-4-14)5-7(10)8(11)13-9/h2-5H,1H3,(H,12,13)/b3-2-. The predicted octanol–water partition coefficient (Wildman–Crippen LogP) is 2.75. The highest BCUT2D eigenvalue weighted by molar-refractivity contribution is 9.10. The number of rotatable bonds is 3. The number of anilines is 1. The van der Waals surface area contributed by atoms with Crippen molar-refractivity contribution in [2.75, 3.05) is 12.4 Å². The lowest BCUT2D eigenvalue weighted by Gasteiger charge is -2.05. The molecule has 0 atom stereocenters. The van der Waals surface area contributed by atoms with Gasteiger partial charge in [-0.15, -0.1) is 0 Å². The number of nitrogens with one attached hydrogen (secondary N) is 1. The third-order valence-corrected chi connectivity index (χ3v) is 2.67. The van der Waals surface area contributed by atoms with Crippen LogP contribution in [0.5, 0.6) is 0 Å². The zero-order valence-electron chi connectivity index (χ0n) is 7.42. The van der Waals surface area contributed by atoms with Crippen molar-refractivity contribution in [3.63, 3.8) is 0 Å². The SMILES string of the molecule is CNc1nc(Cl)c(Br)cc1/C=C\C=O. The molecule has 0 unspecified atom stereocenters. The van der Waals surface area contributed by atoms with E-state index in [1.165, 1.54) is 6.08 Å². The van der Waals surface area contributed by atoms with Crippen LogP contribution in [-0.4, -0.2) is 18.3 Å². The molecule has 1 rings (SSSR count). The number of hydrogen-bond acceptors (Lipinski definition) is 3. The maximum absolute atomic E-state index is 10.2. The summed E-state index contributed by atoms with van der Waals surface area (Å²) >= 11 is 9.06. The summed E-state index contributed by atoms with van der Waals surface area (Å²) in [6.45, 7) is 0. The lowest BCUT2D eigenvalue weighted by atomic mass is 10.2. The summed E-state index contributed by atoms with van der Waals surface area (Å²) in [7, 11) is 1.74. The van der Waals surface area contributed by atoms with Gasteiger partial charge in [0.2, 0.25) is 0 Å². The molecule has 5 heteroatoms. The minimum atomic E-state index is 0.387. The van der Waals surface area contributed by atoms with Crippen molar-refractivity contribution in [3.8, 4) is 0 Å². The summed E-state index contributed by atoms with van der Waals surface area (Å²) in [4.78, 5) is 14.2. The summed E-state index contributed by atoms with van der Waals surface area (Å²) in [6.07, 6.45) is 3.77. The second kappa shape index (κ2) is 5.12. The van der Waals surface area contributed by atoms with Crippen LogP contribution in [-0.2, 0) is 4.79 Å². The van der Waals surface area contributed by atoms with Crippen LogP contribution < -0.4 is 5.32 Å². The molecule has 0 aliphatic heterocycles. The molecule has 0 fully saturated rings. The van der Waals surface area contributed by atoms with Gasteiger partial charge in [-0.05, 0) is 34.1 Å². The largest absolute Gasteiger partial charge is 0.373 e. The monoisotopic (exact) mass is 274 g/mol. The predicted molar refractivity (Wildman–Crippen MR) is 61.6 cm³/mol. The molecule has 0 amide bonds. The molecule has 1 aromatic heterocycles. The first-order valence-electron chi connectivity index (χ1n) is 3.84. The smallest absolute Gasteiger partial charge is 0.145 e. The van der Waals surface area contributed by atoms with Gasteiger partial charge in [0.15, 0.2) is 0 Å². The first-order valence-corrected chi connectivity index (χ1v) is 5.01. The molecule has 0 saturated carbocycles. The van der Waals surface area contributed by atoms with E-state index in [1.807, 2.05) is 0 Å². The zero-order chi connectivity index (χ0) is 10.6. The molecular formula is C9H8BrClN2O. The maximum atomic E-state index is 10.2. The van der Waals surface area contributed by atoms with E-state index < -0.39 is 0 Å². The molecule has 1 N–H and O–H groups in total. The number of allylic oxidation sites excluding steroid dienone is 1. The quantitative estimate of drug-likeness (QED) is 0.524. The van der Waals surface area contributed by atoms with Gasteiger partial charge in [0.05, 0.1) is 4.47 Å². The minimum Gasteiger partial charge on any atom is -0.373 e. The van der Waals surface area contributed by atoms with E-state index >= 15 is 0 Å². The van der Waals surface area contributed by atoms with Crippen LogP contribution in [0.2, 0.25) is 5.15 Å². The first-order chi connectivity index (χ1) is 6.69. The summed E-state index contributed by atoms with van der Waals surface area (Å²) < 4.78 is 0.698. The number of carbonyl (C=O) groups is 1. The number of hydrogen-bond donors (Lipinski definition) is 1. The van der Waals surface area contributed by atoms with Crippen LogP contribution in [0.25, 0.3) is 6.08 Å². The lowest BCUT2D eigenvalue weighted by Crippen LogP contribution is -1.96. The van der Waals surface area contributed by atoms with Crippen LogP contribution in [0.15, 0.2) is 16.6 Å². The van der Waals surface area contributed by atoms with E-state index in [4.69, 9.17) is 11.6 Å².